The first-order valence-electron chi connectivity index (χ1n) is 9.84. The Bertz CT molecular complexity index is 1350. The number of hydrogen-bond acceptors (Lipinski definition) is 6. The number of nitrogens with zero attached hydrogens (tertiary/aromatic N) is 3. The monoisotopic (exact) mass is 493 g/mol. The third-order valence-corrected chi connectivity index (χ3v) is 5.46. The number of oxazole rings is 1. The van der Waals surface area contributed by atoms with Crippen LogP contribution in [0.1, 0.15) is 31.9 Å². The number of nitro groups is 1. The van der Waals surface area contributed by atoms with E-state index in [0.29, 0.717) is 27.2 Å². The summed E-state index contributed by atoms with van der Waals surface area (Å²) in [6.07, 6.45) is 1.37. The molecule has 0 saturated carbocycles. The molecule has 0 spiro atoms. The molecule has 162 valence electrons. The van der Waals surface area contributed by atoms with Crippen LogP contribution in [0.5, 0.6) is 5.75 Å². The molecule has 0 unspecified atom stereocenters. The second kappa shape index (κ2) is 8.20. The zero-order valence-corrected chi connectivity index (χ0v) is 19.3. The lowest BCUT2D eigenvalue weighted by molar-refractivity contribution is -0.385. The topological polar surface area (TPSA) is 102 Å². The third kappa shape index (κ3) is 4.40. The van der Waals surface area contributed by atoms with E-state index in [2.05, 4.69) is 58.8 Å². The number of fused-ring (bicyclic) bond motifs is 1. The minimum Gasteiger partial charge on any atom is -0.502 e. The molecule has 32 heavy (non-hydrogen) atoms. The number of benzene rings is 3. The van der Waals surface area contributed by atoms with Crippen molar-refractivity contribution in [3.05, 3.63) is 80.3 Å². The molecule has 0 bridgehead atoms. The summed E-state index contributed by atoms with van der Waals surface area (Å²) < 4.78 is 6.40. The highest BCUT2D eigenvalue weighted by Gasteiger charge is 2.18. The summed E-state index contributed by atoms with van der Waals surface area (Å²) in [6, 6.07) is 16.2. The molecule has 0 atom stereocenters. The summed E-state index contributed by atoms with van der Waals surface area (Å²) in [4.78, 5) is 19.3. The largest absolute Gasteiger partial charge is 0.502 e. The van der Waals surface area contributed by atoms with Gasteiger partial charge in [0, 0.05) is 33.9 Å². The van der Waals surface area contributed by atoms with Crippen LogP contribution in [0.3, 0.4) is 0 Å². The summed E-state index contributed by atoms with van der Waals surface area (Å²) in [5, 5.41) is 21.2. The van der Waals surface area contributed by atoms with E-state index in [9.17, 15) is 15.2 Å². The van der Waals surface area contributed by atoms with Crippen molar-refractivity contribution in [3.8, 4) is 17.2 Å². The highest BCUT2D eigenvalue weighted by molar-refractivity contribution is 9.10. The number of aromatic nitrogens is 1. The minimum atomic E-state index is -0.645. The van der Waals surface area contributed by atoms with E-state index < -0.39 is 16.4 Å². The molecule has 4 rings (SSSR count). The summed E-state index contributed by atoms with van der Waals surface area (Å²) in [6.45, 7) is 6.49. The van der Waals surface area contributed by atoms with Gasteiger partial charge >= 0.3 is 5.69 Å². The molecule has 0 aliphatic rings. The highest BCUT2D eigenvalue weighted by atomic mass is 79.9. The predicted molar refractivity (Wildman–Crippen MR) is 128 cm³/mol. The lowest BCUT2D eigenvalue weighted by Crippen LogP contribution is -2.10. The molecule has 7 nitrogen and oxygen atoms in total. The van der Waals surface area contributed by atoms with Gasteiger partial charge in [-0.25, -0.2) is 4.98 Å². The second-order valence-corrected chi connectivity index (χ2v) is 9.29. The Morgan fingerprint density at radius 1 is 1.12 bits per heavy atom. The van der Waals surface area contributed by atoms with Crippen molar-refractivity contribution in [2.24, 2.45) is 4.99 Å². The molecule has 0 aliphatic heterocycles. The van der Waals surface area contributed by atoms with E-state index in [1.54, 1.807) is 24.3 Å². The second-order valence-electron chi connectivity index (χ2n) is 8.38. The number of phenolic OH excluding ortho intramolecular Hbond substituents is 1. The first-order chi connectivity index (χ1) is 15.1. The lowest BCUT2D eigenvalue weighted by atomic mass is 9.87. The van der Waals surface area contributed by atoms with Gasteiger partial charge in [0.25, 0.3) is 0 Å². The van der Waals surface area contributed by atoms with Crippen molar-refractivity contribution < 1.29 is 14.4 Å². The molecule has 1 N–H and O–H groups in total. The van der Waals surface area contributed by atoms with E-state index in [1.165, 1.54) is 17.8 Å². The van der Waals surface area contributed by atoms with Gasteiger partial charge in [-0.15, -0.1) is 0 Å². The minimum absolute atomic E-state index is 0.0654. The summed E-state index contributed by atoms with van der Waals surface area (Å²) >= 11 is 3.21. The van der Waals surface area contributed by atoms with Crippen LogP contribution in [0.2, 0.25) is 0 Å². The molecule has 1 heterocycles. The van der Waals surface area contributed by atoms with Gasteiger partial charge in [0.05, 0.1) is 10.6 Å². The van der Waals surface area contributed by atoms with E-state index in [4.69, 9.17) is 4.42 Å². The van der Waals surface area contributed by atoms with Crippen LogP contribution < -0.4 is 0 Å². The van der Waals surface area contributed by atoms with Crippen LogP contribution in [0.4, 0.5) is 11.4 Å². The van der Waals surface area contributed by atoms with Gasteiger partial charge in [-0.3, -0.25) is 15.1 Å². The Kier molecular flexibility index (Phi) is 5.56. The molecular formula is C24H20BrN3O4. The molecule has 0 fully saturated rings. The number of aromatic hydroxyl groups is 1. The van der Waals surface area contributed by atoms with Crippen LogP contribution in [-0.2, 0) is 5.41 Å². The van der Waals surface area contributed by atoms with Gasteiger partial charge < -0.3 is 9.52 Å². The van der Waals surface area contributed by atoms with Crippen LogP contribution in [0.25, 0.3) is 22.6 Å². The fraction of sp³-hybridized carbons (Fsp3) is 0.167. The quantitative estimate of drug-likeness (QED) is 0.189. The van der Waals surface area contributed by atoms with Gasteiger partial charge in [-0.05, 0) is 41.3 Å². The molecule has 0 amide bonds. The molecule has 3 aromatic carbocycles. The van der Waals surface area contributed by atoms with E-state index in [-0.39, 0.29) is 11.0 Å². The van der Waals surface area contributed by atoms with Crippen LogP contribution in [-0.4, -0.2) is 21.2 Å². The summed E-state index contributed by atoms with van der Waals surface area (Å²) in [5.41, 5.74) is 3.83. The van der Waals surface area contributed by atoms with Crippen LogP contribution in [0.15, 0.2) is 68.5 Å². The van der Waals surface area contributed by atoms with E-state index >= 15 is 0 Å². The lowest BCUT2D eigenvalue weighted by Gasteiger charge is -2.18. The smallest absolute Gasteiger partial charge is 0.312 e. The average molecular weight is 494 g/mol. The zero-order chi connectivity index (χ0) is 23.0. The standard InChI is InChI=1S/C24H20BrN3O4/c1-24(2,3)16-6-4-14(5-7-16)23-27-19-9-8-18(12-21(19)32-23)26-13-15-10-17(25)11-20(22(15)29)28(30)31/h4-13,29H,1-3H3. The average Bonchev–Trinajstić information content (AvgIpc) is 3.17. The Balaban J connectivity index is 1.64. The Morgan fingerprint density at radius 2 is 1.84 bits per heavy atom. The van der Waals surface area contributed by atoms with Crippen molar-refractivity contribution >= 4 is 44.6 Å². The van der Waals surface area contributed by atoms with Crippen molar-refractivity contribution in [2.75, 3.05) is 0 Å². The van der Waals surface area contributed by atoms with Crippen molar-refractivity contribution in [1.82, 2.24) is 4.98 Å². The molecule has 1 aromatic heterocycles. The predicted octanol–water partition coefficient (Wildman–Crippen LogP) is 6.92. The fourth-order valence-corrected chi connectivity index (χ4v) is 3.68. The molecule has 8 heteroatoms. The van der Waals surface area contributed by atoms with Gasteiger partial charge in [0.15, 0.2) is 5.58 Å². The van der Waals surface area contributed by atoms with Crippen molar-refractivity contribution in [3.63, 3.8) is 0 Å². The molecule has 0 aliphatic carbocycles. The Labute approximate surface area is 192 Å². The van der Waals surface area contributed by atoms with E-state index in [1.807, 2.05) is 12.1 Å². The van der Waals surface area contributed by atoms with Crippen molar-refractivity contribution in [1.29, 1.82) is 0 Å². The Morgan fingerprint density at radius 3 is 2.50 bits per heavy atom. The first-order valence-corrected chi connectivity index (χ1v) is 10.6. The number of rotatable bonds is 4. The molecule has 4 aromatic rings. The third-order valence-electron chi connectivity index (χ3n) is 5.00. The number of phenols is 1. The maximum absolute atomic E-state index is 11.1. The maximum atomic E-state index is 11.1. The number of hydrogen-bond donors (Lipinski definition) is 1. The van der Waals surface area contributed by atoms with Gasteiger partial charge in [-0.1, -0.05) is 48.8 Å². The van der Waals surface area contributed by atoms with Gasteiger partial charge in [-0.2, -0.15) is 0 Å². The first kappa shape index (κ1) is 21.7. The maximum Gasteiger partial charge on any atom is 0.312 e. The molecular weight excluding hydrogens is 474 g/mol. The number of aliphatic imine (C=N–C) groups is 1. The fourth-order valence-electron chi connectivity index (χ4n) is 3.22. The normalized spacial score (nSPS) is 12.0. The highest BCUT2D eigenvalue weighted by Crippen LogP contribution is 2.33. The summed E-state index contributed by atoms with van der Waals surface area (Å²) in [7, 11) is 0. The van der Waals surface area contributed by atoms with Crippen LogP contribution >= 0.6 is 15.9 Å². The SMILES string of the molecule is CC(C)(C)c1ccc(-c2nc3ccc(N=Cc4cc(Br)cc([N+](=O)[O-])c4O)cc3o2)cc1. The molecule has 0 radical (unpaired) electrons. The number of halogens is 1. The van der Waals surface area contributed by atoms with Gasteiger partial charge in [0.1, 0.15) is 5.52 Å². The van der Waals surface area contributed by atoms with Crippen molar-refractivity contribution in [2.45, 2.75) is 26.2 Å². The molecule has 0 saturated heterocycles. The zero-order valence-electron chi connectivity index (χ0n) is 17.7. The summed E-state index contributed by atoms with van der Waals surface area (Å²) in [5.74, 6) is 0.0746. The van der Waals surface area contributed by atoms with Crippen LogP contribution in [0, 0.1) is 10.1 Å². The Hall–Kier alpha value is -3.52. The number of nitro benzene ring substituents is 1. The van der Waals surface area contributed by atoms with Gasteiger partial charge in [0.2, 0.25) is 11.6 Å². The van der Waals surface area contributed by atoms with E-state index in [0.717, 1.165) is 5.56 Å².